The lowest BCUT2D eigenvalue weighted by Gasteiger charge is -2.46. The van der Waals surface area contributed by atoms with Crippen LogP contribution >= 0.6 is 0 Å². The summed E-state index contributed by atoms with van der Waals surface area (Å²) in [5, 5.41) is 11.1. The Morgan fingerprint density at radius 1 is 1.06 bits per heavy atom. The maximum Gasteiger partial charge on any atom is 0.304 e. The van der Waals surface area contributed by atoms with Gasteiger partial charge in [0.2, 0.25) is 11.8 Å². The van der Waals surface area contributed by atoms with Crippen LogP contribution in [0, 0.1) is 5.92 Å². The summed E-state index contributed by atoms with van der Waals surface area (Å²) in [5.74, 6) is 0.584. The number of esters is 1. The van der Waals surface area contributed by atoms with E-state index < -0.39 is 26.4 Å². The van der Waals surface area contributed by atoms with Crippen molar-refractivity contribution in [3.05, 3.63) is 83.9 Å². The zero-order valence-corrected chi connectivity index (χ0v) is 29.5. The molecule has 0 saturated carbocycles. The van der Waals surface area contributed by atoms with Crippen molar-refractivity contribution in [1.29, 1.82) is 0 Å². The number of ether oxygens (including phenoxy) is 4. The van der Waals surface area contributed by atoms with Crippen molar-refractivity contribution in [3.63, 3.8) is 0 Å². The molecule has 1 fully saturated rings. The number of aliphatic hydroxyl groups is 1. The van der Waals surface area contributed by atoms with Crippen LogP contribution in [0.4, 0.5) is 5.69 Å². The smallest absolute Gasteiger partial charge is 0.304 e. The molecule has 0 spiro atoms. The molecule has 0 aromatic heterocycles. The van der Waals surface area contributed by atoms with Crippen LogP contribution in [-0.4, -0.2) is 75.6 Å². The van der Waals surface area contributed by atoms with Crippen molar-refractivity contribution < 1.29 is 38.4 Å². The molecular weight excluding hydrogens is 628 g/mol. The normalized spacial score (nSPS) is 21.0. The summed E-state index contributed by atoms with van der Waals surface area (Å²) in [6.45, 7) is 8.42. The Morgan fingerprint density at radius 3 is 2.38 bits per heavy atom. The first-order valence-electron chi connectivity index (χ1n) is 16.4. The number of aliphatic hydroxyl groups excluding tert-OH is 1. The lowest BCUT2D eigenvalue weighted by atomic mass is 9.86. The van der Waals surface area contributed by atoms with E-state index in [4.69, 9.17) is 18.9 Å². The summed E-state index contributed by atoms with van der Waals surface area (Å²) in [5.41, 5.74) is 2.21. The van der Waals surface area contributed by atoms with E-state index in [1.54, 1.807) is 25.2 Å². The van der Waals surface area contributed by atoms with E-state index in [0.717, 1.165) is 22.1 Å². The SMILES string of the molecule is COc1ccc([Si](C)(C)C(CC(=O)N(CCO)Cc2ccccc2)[C@H]2Oc3ccc(N4C(=O)CC4OC(C)=O)cc3[C@@H](OC)[C@@H]2C)cc1. The van der Waals surface area contributed by atoms with Gasteiger partial charge in [-0.25, -0.2) is 0 Å². The minimum absolute atomic E-state index is 0.0503. The van der Waals surface area contributed by atoms with Crippen molar-refractivity contribution in [2.24, 2.45) is 5.92 Å². The Labute approximate surface area is 283 Å². The molecule has 48 heavy (non-hydrogen) atoms. The summed E-state index contributed by atoms with van der Waals surface area (Å²) in [4.78, 5) is 41.6. The first kappa shape index (κ1) is 35.1. The van der Waals surface area contributed by atoms with E-state index in [1.165, 1.54) is 11.8 Å². The van der Waals surface area contributed by atoms with E-state index in [0.29, 0.717) is 18.0 Å². The second-order valence-corrected chi connectivity index (χ2v) is 17.9. The van der Waals surface area contributed by atoms with Gasteiger partial charge in [-0.3, -0.25) is 19.3 Å². The van der Waals surface area contributed by atoms with Crippen LogP contribution in [0.1, 0.15) is 43.9 Å². The zero-order valence-electron chi connectivity index (χ0n) is 28.5. The molecule has 5 rings (SSSR count). The van der Waals surface area contributed by atoms with Gasteiger partial charge in [0.15, 0.2) is 6.23 Å². The Balaban J connectivity index is 1.50. The zero-order chi connectivity index (χ0) is 34.6. The Kier molecular flexibility index (Phi) is 10.9. The third-order valence-corrected chi connectivity index (χ3v) is 14.0. The maximum absolute atomic E-state index is 14.2. The number of benzene rings is 3. The van der Waals surface area contributed by atoms with Crippen LogP contribution in [0.15, 0.2) is 72.8 Å². The van der Waals surface area contributed by atoms with Gasteiger partial charge in [-0.15, -0.1) is 0 Å². The Hall–Kier alpha value is -4.19. The van der Waals surface area contributed by atoms with Gasteiger partial charge in [-0.1, -0.05) is 67.7 Å². The van der Waals surface area contributed by atoms with E-state index in [-0.39, 0.29) is 55.4 Å². The summed E-state index contributed by atoms with van der Waals surface area (Å²) in [6, 6.07) is 23.4. The molecule has 0 bridgehead atoms. The summed E-state index contributed by atoms with van der Waals surface area (Å²) < 4.78 is 23.8. The number of anilines is 1. The molecule has 0 radical (unpaired) electrons. The van der Waals surface area contributed by atoms with E-state index in [9.17, 15) is 19.5 Å². The fraction of sp³-hybridized carbons (Fsp3) is 0.432. The molecule has 3 aromatic carbocycles. The average molecular weight is 675 g/mol. The molecule has 5 atom stereocenters. The first-order valence-corrected chi connectivity index (χ1v) is 19.5. The van der Waals surface area contributed by atoms with Gasteiger partial charge >= 0.3 is 5.97 Å². The molecule has 2 aliphatic heterocycles. The number of amides is 2. The third-order valence-electron chi connectivity index (χ3n) is 9.79. The number of rotatable bonds is 13. The van der Waals surface area contributed by atoms with Crippen molar-refractivity contribution in [1.82, 2.24) is 4.90 Å². The summed E-state index contributed by atoms with van der Waals surface area (Å²) in [6.07, 6.45) is -1.05. The van der Waals surface area contributed by atoms with Crippen molar-refractivity contribution >= 4 is 36.7 Å². The summed E-state index contributed by atoms with van der Waals surface area (Å²) in [7, 11) is 0.830. The number of carbonyl (C=O) groups excluding carboxylic acids is 3. The second kappa shape index (κ2) is 14.9. The minimum Gasteiger partial charge on any atom is -0.497 e. The number of fused-ring (bicyclic) bond motifs is 1. The molecule has 2 amide bonds. The lowest BCUT2D eigenvalue weighted by molar-refractivity contribution is -0.153. The maximum atomic E-state index is 14.2. The molecule has 0 aliphatic carbocycles. The van der Waals surface area contributed by atoms with Gasteiger partial charge in [-0.05, 0) is 35.9 Å². The summed E-state index contributed by atoms with van der Waals surface area (Å²) >= 11 is 0. The molecule has 1 N–H and O–H groups in total. The third kappa shape index (κ3) is 7.28. The number of methoxy groups -OCH3 is 2. The van der Waals surface area contributed by atoms with E-state index in [1.807, 2.05) is 54.6 Å². The van der Waals surface area contributed by atoms with Gasteiger partial charge in [0.25, 0.3) is 0 Å². The highest BCUT2D eigenvalue weighted by atomic mass is 28.3. The molecule has 2 unspecified atom stereocenters. The monoisotopic (exact) mass is 674 g/mol. The van der Waals surface area contributed by atoms with Gasteiger partial charge in [0.1, 0.15) is 17.6 Å². The van der Waals surface area contributed by atoms with Crippen LogP contribution in [0.3, 0.4) is 0 Å². The van der Waals surface area contributed by atoms with Crippen molar-refractivity contribution in [3.8, 4) is 11.5 Å². The van der Waals surface area contributed by atoms with Crippen LogP contribution in [0.5, 0.6) is 11.5 Å². The van der Waals surface area contributed by atoms with Crippen molar-refractivity contribution in [2.75, 3.05) is 32.3 Å². The second-order valence-electron chi connectivity index (χ2n) is 13.1. The van der Waals surface area contributed by atoms with Crippen LogP contribution in [0.25, 0.3) is 0 Å². The van der Waals surface area contributed by atoms with Gasteiger partial charge in [0.05, 0.1) is 34.3 Å². The highest BCUT2D eigenvalue weighted by Crippen LogP contribution is 2.48. The molecule has 1 saturated heterocycles. The average Bonchev–Trinajstić information content (AvgIpc) is 3.06. The Bertz CT molecular complexity index is 1600. The van der Waals surface area contributed by atoms with Crippen LogP contribution < -0.4 is 19.6 Å². The first-order chi connectivity index (χ1) is 23.0. The standard InChI is InChI=1S/C37H46N2O8Si/c1-24-36(45-4)30-20-27(39-34(43)22-35(39)46-25(2)41)12-17-31(30)47-37(24)32(48(5,6)29-15-13-28(44-3)14-16-29)21-33(42)38(18-19-40)23-26-10-8-7-9-11-26/h7-17,20,24,32,35-37,40H,18-19,21-23H2,1-6H3/t24-,32?,35?,36-,37-/m0/s1. The number of nitrogens with zero attached hydrogens (tertiary/aromatic N) is 2. The van der Waals surface area contributed by atoms with E-state index in [2.05, 4.69) is 32.2 Å². The van der Waals surface area contributed by atoms with Gasteiger partial charge < -0.3 is 29.0 Å². The number of β-lactam (4-membered cyclic amide) rings is 1. The van der Waals surface area contributed by atoms with Crippen LogP contribution in [-0.2, 0) is 30.4 Å². The highest BCUT2D eigenvalue weighted by Gasteiger charge is 2.49. The molecule has 3 aromatic rings. The quantitative estimate of drug-likeness (QED) is 0.156. The van der Waals surface area contributed by atoms with Crippen molar-refractivity contribution in [2.45, 2.75) is 70.3 Å². The van der Waals surface area contributed by atoms with E-state index >= 15 is 0 Å². The predicted molar refractivity (Wildman–Crippen MR) is 185 cm³/mol. The number of carbonyl (C=O) groups is 3. The minimum atomic E-state index is -2.47. The molecule has 11 heteroatoms. The lowest BCUT2D eigenvalue weighted by Crippen LogP contribution is -2.56. The Morgan fingerprint density at radius 2 is 1.77 bits per heavy atom. The molecule has 2 aliphatic rings. The topological polar surface area (TPSA) is 115 Å². The highest BCUT2D eigenvalue weighted by molar-refractivity contribution is 6.91. The fourth-order valence-corrected chi connectivity index (χ4v) is 10.4. The molecule has 10 nitrogen and oxygen atoms in total. The molecule has 256 valence electrons. The predicted octanol–water partition coefficient (Wildman–Crippen LogP) is 4.80. The van der Waals surface area contributed by atoms with Crippen LogP contribution in [0.2, 0.25) is 18.6 Å². The molecular formula is C37H46N2O8Si. The van der Waals surface area contributed by atoms with Gasteiger partial charge in [-0.2, -0.15) is 0 Å². The molecule has 2 heterocycles. The number of hydrogen-bond donors (Lipinski definition) is 1. The largest absolute Gasteiger partial charge is 0.497 e. The number of hydrogen-bond acceptors (Lipinski definition) is 8. The van der Waals surface area contributed by atoms with Gasteiger partial charge in [0, 0.05) is 56.3 Å². The fourth-order valence-electron chi connectivity index (χ4n) is 7.05.